The summed E-state index contributed by atoms with van der Waals surface area (Å²) in [6.07, 6.45) is 0.891. The predicted octanol–water partition coefficient (Wildman–Crippen LogP) is 0.441. The van der Waals surface area contributed by atoms with Crippen LogP contribution in [0.4, 0.5) is 9.02 Å². The second-order valence-electron chi connectivity index (χ2n) is 5.07. The SMILES string of the molecule is O=C1CC(CS(=O)(=O)F)CN1c1nc2c(s1)CNCC2. The van der Waals surface area contributed by atoms with E-state index in [1.54, 1.807) is 0 Å². The molecule has 6 nitrogen and oxygen atoms in total. The monoisotopic (exact) mass is 319 g/mol. The highest BCUT2D eigenvalue weighted by molar-refractivity contribution is 7.86. The summed E-state index contributed by atoms with van der Waals surface area (Å²) < 4.78 is 34.1. The van der Waals surface area contributed by atoms with E-state index >= 15 is 0 Å². The molecule has 0 saturated carbocycles. The van der Waals surface area contributed by atoms with Crippen LogP contribution in [0.5, 0.6) is 0 Å². The van der Waals surface area contributed by atoms with Crippen molar-refractivity contribution in [1.29, 1.82) is 0 Å². The zero-order chi connectivity index (χ0) is 14.3. The molecular weight excluding hydrogens is 305 g/mol. The first-order valence-corrected chi connectivity index (χ1v) is 8.71. The normalized spacial score (nSPS) is 23.1. The molecule has 1 aromatic heterocycles. The molecule has 0 bridgehead atoms. The van der Waals surface area contributed by atoms with Crippen LogP contribution in [0.3, 0.4) is 0 Å². The van der Waals surface area contributed by atoms with Crippen molar-refractivity contribution < 1.29 is 17.1 Å². The van der Waals surface area contributed by atoms with Gasteiger partial charge < -0.3 is 5.32 Å². The quantitative estimate of drug-likeness (QED) is 0.818. The molecule has 0 spiro atoms. The summed E-state index contributed by atoms with van der Waals surface area (Å²) in [7, 11) is -4.54. The third-order valence-electron chi connectivity index (χ3n) is 3.46. The Balaban J connectivity index is 1.77. The van der Waals surface area contributed by atoms with E-state index in [0.717, 1.165) is 30.1 Å². The topological polar surface area (TPSA) is 79.4 Å². The highest BCUT2D eigenvalue weighted by atomic mass is 32.3. The summed E-state index contributed by atoms with van der Waals surface area (Å²) in [5.74, 6) is -1.27. The second-order valence-corrected chi connectivity index (χ2v) is 7.55. The smallest absolute Gasteiger partial charge is 0.302 e. The number of rotatable bonds is 3. The molecule has 9 heteroatoms. The number of aromatic nitrogens is 1. The summed E-state index contributed by atoms with van der Waals surface area (Å²) in [4.78, 5) is 19.0. The Labute approximate surface area is 120 Å². The number of carbonyl (C=O) groups excluding carboxylic acids is 1. The number of fused-ring (bicyclic) bond motifs is 1. The molecule has 110 valence electrons. The van der Waals surface area contributed by atoms with Gasteiger partial charge in [0.05, 0.1) is 11.4 Å². The number of nitrogens with one attached hydrogen (secondary N) is 1. The van der Waals surface area contributed by atoms with Gasteiger partial charge in [0.25, 0.3) is 0 Å². The first-order chi connectivity index (χ1) is 9.42. The fraction of sp³-hybridized carbons (Fsp3) is 0.636. The van der Waals surface area contributed by atoms with Crippen LogP contribution in [0.25, 0.3) is 0 Å². The highest BCUT2D eigenvalue weighted by Crippen LogP contribution is 2.32. The minimum Gasteiger partial charge on any atom is -0.311 e. The van der Waals surface area contributed by atoms with Crippen molar-refractivity contribution in [1.82, 2.24) is 10.3 Å². The van der Waals surface area contributed by atoms with E-state index in [2.05, 4.69) is 10.3 Å². The van der Waals surface area contributed by atoms with Crippen LogP contribution < -0.4 is 10.2 Å². The lowest BCUT2D eigenvalue weighted by molar-refractivity contribution is -0.117. The maximum atomic E-state index is 12.7. The largest absolute Gasteiger partial charge is 0.311 e. The molecule has 1 aromatic rings. The van der Waals surface area contributed by atoms with Crippen molar-refractivity contribution in [2.45, 2.75) is 19.4 Å². The highest BCUT2D eigenvalue weighted by Gasteiger charge is 2.35. The van der Waals surface area contributed by atoms with Crippen LogP contribution in [0.2, 0.25) is 0 Å². The Morgan fingerprint density at radius 3 is 3.00 bits per heavy atom. The standard InChI is InChI=1S/C11H14FN3O3S2/c12-20(17,18)6-7-3-10(16)15(5-7)11-14-8-1-2-13-4-9(8)19-11/h7,13H,1-6H2. The molecule has 3 rings (SSSR count). The number of thiazole rings is 1. The predicted molar refractivity (Wildman–Crippen MR) is 72.9 cm³/mol. The third kappa shape index (κ3) is 2.84. The maximum Gasteiger partial charge on any atom is 0.302 e. The van der Waals surface area contributed by atoms with Crippen LogP contribution in [0.1, 0.15) is 17.0 Å². The van der Waals surface area contributed by atoms with Gasteiger partial charge in [-0.2, -0.15) is 8.42 Å². The first-order valence-electron chi connectivity index (χ1n) is 6.34. The van der Waals surface area contributed by atoms with E-state index in [9.17, 15) is 17.1 Å². The molecule has 2 aliphatic rings. The molecule has 1 saturated heterocycles. The summed E-state index contributed by atoms with van der Waals surface area (Å²) in [6, 6.07) is 0. The summed E-state index contributed by atoms with van der Waals surface area (Å²) >= 11 is 1.44. The lowest BCUT2D eigenvalue weighted by Gasteiger charge is -2.12. The molecule has 20 heavy (non-hydrogen) atoms. The molecule has 0 radical (unpaired) electrons. The Hall–Kier alpha value is -1.06. The number of carbonyl (C=O) groups is 1. The minimum absolute atomic E-state index is 0.0612. The zero-order valence-corrected chi connectivity index (χ0v) is 12.3. The number of hydrogen-bond donors (Lipinski definition) is 1. The van der Waals surface area contributed by atoms with Gasteiger partial charge in [-0.25, -0.2) is 4.98 Å². The third-order valence-corrected chi connectivity index (χ3v) is 5.45. The van der Waals surface area contributed by atoms with E-state index in [0.29, 0.717) is 5.13 Å². The average Bonchev–Trinajstić information content (AvgIpc) is 2.90. The van der Waals surface area contributed by atoms with E-state index in [1.807, 2.05) is 0 Å². The van der Waals surface area contributed by atoms with Crippen LogP contribution in [-0.2, 0) is 28.0 Å². The Bertz CT molecular complexity index is 620. The van der Waals surface area contributed by atoms with Crippen LogP contribution in [0.15, 0.2) is 0 Å². The van der Waals surface area contributed by atoms with Crippen molar-refractivity contribution in [3.8, 4) is 0 Å². The molecule has 3 heterocycles. The van der Waals surface area contributed by atoms with Gasteiger partial charge in [-0.15, -0.1) is 3.89 Å². The van der Waals surface area contributed by atoms with E-state index < -0.39 is 21.9 Å². The van der Waals surface area contributed by atoms with Crippen molar-refractivity contribution in [2.75, 3.05) is 23.7 Å². The number of nitrogens with zero attached hydrogens (tertiary/aromatic N) is 2. The summed E-state index contributed by atoms with van der Waals surface area (Å²) in [5.41, 5.74) is 0.998. The first kappa shape index (κ1) is 13.9. The lowest BCUT2D eigenvalue weighted by atomic mass is 10.1. The van der Waals surface area contributed by atoms with Gasteiger partial charge in [0.2, 0.25) is 5.91 Å². The minimum atomic E-state index is -4.54. The van der Waals surface area contributed by atoms with Gasteiger partial charge in [0, 0.05) is 43.3 Å². The van der Waals surface area contributed by atoms with Crippen LogP contribution >= 0.6 is 11.3 Å². The van der Waals surface area contributed by atoms with Crippen LogP contribution in [-0.4, -0.2) is 38.2 Å². The molecule has 1 unspecified atom stereocenters. The van der Waals surface area contributed by atoms with Crippen molar-refractivity contribution in [3.63, 3.8) is 0 Å². The van der Waals surface area contributed by atoms with E-state index in [1.165, 1.54) is 16.2 Å². The Morgan fingerprint density at radius 1 is 1.50 bits per heavy atom. The van der Waals surface area contributed by atoms with Gasteiger partial charge in [0.15, 0.2) is 5.13 Å². The van der Waals surface area contributed by atoms with Gasteiger partial charge in [-0.3, -0.25) is 9.69 Å². The van der Waals surface area contributed by atoms with Gasteiger partial charge in [-0.05, 0) is 0 Å². The number of amides is 1. The molecule has 1 atom stereocenters. The van der Waals surface area contributed by atoms with Gasteiger partial charge in [-0.1, -0.05) is 11.3 Å². The Morgan fingerprint density at radius 2 is 2.30 bits per heavy atom. The average molecular weight is 319 g/mol. The Kier molecular flexibility index (Phi) is 3.51. The van der Waals surface area contributed by atoms with Gasteiger partial charge >= 0.3 is 10.2 Å². The van der Waals surface area contributed by atoms with E-state index in [-0.39, 0.29) is 18.9 Å². The molecule has 0 aromatic carbocycles. The molecule has 0 aliphatic carbocycles. The van der Waals surface area contributed by atoms with Crippen molar-refractivity contribution >= 4 is 32.6 Å². The van der Waals surface area contributed by atoms with Gasteiger partial charge in [0.1, 0.15) is 0 Å². The lowest BCUT2D eigenvalue weighted by Crippen LogP contribution is -2.25. The molecule has 1 fully saturated rings. The fourth-order valence-corrected chi connectivity index (χ4v) is 4.48. The van der Waals surface area contributed by atoms with E-state index in [4.69, 9.17) is 0 Å². The van der Waals surface area contributed by atoms with Crippen molar-refractivity contribution in [3.05, 3.63) is 10.6 Å². The number of anilines is 1. The molecule has 1 amide bonds. The summed E-state index contributed by atoms with van der Waals surface area (Å²) in [5, 5.41) is 3.83. The zero-order valence-electron chi connectivity index (χ0n) is 10.6. The fourth-order valence-electron chi connectivity index (χ4n) is 2.59. The number of halogens is 1. The number of hydrogen-bond acceptors (Lipinski definition) is 6. The maximum absolute atomic E-state index is 12.7. The molecule has 2 aliphatic heterocycles. The van der Waals surface area contributed by atoms with Crippen LogP contribution in [0, 0.1) is 5.92 Å². The summed E-state index contributed by atoms with van der Waals surface area (Å²) in [6.45, 7) is 1.84. The molecule has 1 N–H and O–H groups in total. The van der Waals surface area contributed by atoms with Crippen molar-refractivity contribution in [2.24, 2.45) is 5.92 Å². The second kappa shape index (κ2) is 5.05. The molecular formula is C11H14FN3O3S2.